The van der Waals surface area contributed by atoms with Crippen molar-refractivity contribution in [3.05, 3.63) is 35.4 Å². The molecule has 0 fully saturated rings. The quantitative estimate of drug-likeness (QED) is 0.665. The monoisotopic (exact) mass is 204 g/mol. The third kappa shape index (κ3) is 3.50. The molecule has 1 aromatic carbocycles. The van der Waals surface area contributed by atoms with E-state index in [-0.39, 0.29) is 5.78 Å². The Hall–Kier alpha value is -1.11. The molecule has 0 unspecified atom stereocenters. The van der Waals surface area contributed by atoms with Crippen LogP contribution in [-0.4, -0.2) is 5.78 Å². The lowest BCUT2D eigenvalue weighted by Crippen LogP contribution is -2.05. The molecule has 0 amide bonds. The van der Waals surface area contributed by atoms with Gasteiger partial charge in [-0.25, -0.2) is 0 Å². The Kier molecular flexibility index (Phi) is 4.54. The molecule has 1 heteroatoms. The lowest BCUT2D eigenvalue weighted by molar-refractivity contribution is 0.0963. The summed E-state index contributed by atoms with van der Waals surface area (Å²) in [6.45, 7) is 6.37. The highest BCUT2D eigenvalue weighted by Gasteiger charge is 2.09. The minimum absolute atomic E-state index is 0.270. The first kappa shape index (κ1) is 12.0. The molecule has 0 N–H and O–H groups in total. The summed E-state index contributed by atoms with van der Waals surface area (Å²) in [4.78, 5) is 11.8. The van der Waals surface area contributed by atoms with Crippen LogP contribution in [0.3, 0.4) is 0 Å². The Morgan fingerprint density at radius 3 is 2.27 bits per heavy atom. The van der Waals surface area contributed by atoms with Crippen molar-refractivity contribution in [3.63, 3.8) is 0 Å². The fourth-order valence-electron chi connectivity index (χ4n) is 1.51. The van der Waals surface area contributed by atoms with E-state index in [1.54, 1.807) is 0 Å². The molecule has 0 aliphatic rings. The molecule has 1 aromatic rings. The highest BCUT2D eigenvalue weighted by molar-refractivity contribution is 5.96. The molecule has 0 aliphatic heterocycles. The van der Waals surface area contributed by atoms with Crippen molar-refractivity contribution in [3.8, 4) is 0 Å². The molecule has 1 rings (SSSR count). The zero-order chi connectivity index (χ0) is 11.3. The lowest BCUT2D eigenvalue weighted by Gasteiger charge is -2.07. The molecule has 0 aromatic heterocycles. The van der Waals surface area contributed by atoms with Crippen LogP contribution < -0.4 is 0 Å². The van der Waals surface area contributed by atoms with Crippen LogP contribution in [0.4, 0.5) is 0 Å². The molecule has 0 spiro atoms. The van der Waals surface area contributed by atoms with E-state index in [2.05, 4.69) is 20.8 Å². The van der Waals surface area contributed by atoms with Crippen molar-refractivity contribution in [1.29, 1.82) is 0 Å². The van der Waals surface area contributed by atoms with Gasteiger partial charge in [-0.3, -0.25) is 4.79 Å². The van der Waals surface area contributed by atoms with Gasteiger partial charge in [-0.05, 0) is 17.9 Å². The maximum Gasteiger partial charge on any atom is 0.163 e. The van der Waals surface area contributed by atoms with Gasteiger partial charge in [-0.2, -0.15) is 0 Å². The molecular weight excluding hydrogens is 184 g/mol. The van der Waals surface area contributed by atoms with Crippen LogP contribution in [0.15, 0.2) is 24.3 Å². The molecule has 1 atom stereocenters. The Bertz CT molecular complexity index is 311. The van der Waals surface area contributed by atoms with Crippen LogP contribution in [0.5, 0.6) is 0 Å². The molecule has 15 heavy (non-hydrogen) atoms. The van der Waals surface area contributed by atoms with Crippen LogP contribution in [0.25, 0.3) is 0 Å². The number of carbonyl (C=O) groups excluding carboxylic acids is 1. The molecule has 0 bridgehead atoms. The normalized spacial score (nSPS) is 12.5. The van der Waals surface area contributed by atoms with E-state index >= 15 is 0 Å². The topological polar surface area (TPSA) is 17.1 Å². The van der Waals surface area contributed by atoms with Gasteiger partial charge in [-0.15, -0.1) is 0 Å². The van der Waals surface area contributed by atoms with E-state index in [0.29, 0.717) is 12.3 Å². The SMILES string of the molecule is CCc1ccc(C(=O)C[C@@H](C)CC)cc1. The zero-order valence-corrected chi connectivity index (χ0v) is 9.92. The third-order valence-electron chi connectivity index (χ3n) is 2.91. The van der Waals surface area contributed by atoms with E-state index < -0.39 is 0 Å². The minimum atomic E-state index is 0.270. The van der Waals surface area contributed by atoms with Gasteiger partial charge in [0.1, 0.15) is 0 Å². The van der Waals surface area contributed by atoms with Gasteiger partial charge in [0.15, 0.2) is 5.78 Å². The van der Waals surface area contributed by atoms with Crippen molar-refractivity contribution < 1.29 is 4.79 Å². The number of rotatable bonds is 5. The Morgan fingerprint density at radius 2 is 1.80 bits per heavy atom. The van der Waals surface area contributed by atoms with E-state index in [1.165, 1.54) is 5.56 Å². The summed E-state index contributed by atoms with van der Waals surface area (Å²) in [5.41, 5.74) is 2.14. The highest BCUT2D eigenvalue weighted by Crippen LogP contribution is 2.13. The number of Topliss-reactive ketones (excluding diaryl/α,β-unsaturated/α-hetero) is 1. The van der Waals surface area contributed by atoms with Crippen LogP contribution in [0, 0.1) is 5.92 Å². The van der Waals surface area contributed by atoms with Crippen molar-refractivity contribution in [2.24, 2.45) is 5.92 Å². The van der Waals surface area contributed by atoms with Crippen molar-refractivity contribution in [1.82, 2.24) is 0 Å². The van der Waals surface area contributed by atoms with Crippen molar-refractivity contribution in [2.75, 3.05) is 0 Å². The maximum atomic E-state index is 11.8. The largest absolute Gasteiger partial charge is 0.294 e. The smallest absolute Gasteiger partial charge is 0.163 e. The van der Waals surface area contributed by atoms with Gasteiger partial charge in [0.05, 0.1) is 0 Å². The molecule has 0 saturated carbocycles. The number of aryl methyl sites for hydroxylation is 1. The second-order valence-electron chi connectivity index (χ2n) is 4.19. The summed E-state index contributed by atoms with van der Waals surface area (Å²) in [5, 5.41) is 0. The second-order valence-corrected chi connectivity index (χ2v) is 4.19. The minimum Gasteiger partial charge on any atom is -0.294 e. The van der Waals surface area contributed by atoms with E-state index in [0.717, 1.165) is 18.4 Å². The average Bonchev–Trinajstić information content (AvgIpc) is 2.29. The number of ketones is 1. The molecule has 0 radical (unpaired) electrons. The van der Waals surface area contributed by atoms with Gasteiger partial charge in [0, 0.05) is 12.0 Å². The molecular formula is C14H20O. The first-order chi connectivity index (χ1) is 7.17. The van der Waals surface area contributed by atoms with E-state index in [9.17, 15) is 4.79 Å². The van der Waals surface area contributed by atoms with Gasteiger partial charge in [-0.1, -0.05) is 51.5 Å². The van der Waals surface area contributed by atoms with Gasteiger partial charge < -0.3 is 0 Å². The van der Waals surface area contributed by atoms with Gasteiger partial charge in [0.25, 0.3) is 0 Å². The molecule has 0 aliphatic carbocycles. The van der Waals surface area contributed by atoms with Gasteiger partial charge in [0.2, 0.25) is 0 Å². The van der Waals surface area contributed by atoms with Crippen molar-refractivity contribution in [2.45, 2.75) is 40.0 Å². The summed E-state index contributed by atoms with van der Waals surface area (Å²) < 4.78 is 0. The van der Waals surface area contributed by atoms with Crippen LogP contribution in [0.2, 0.25) is 0 Å². The Balaban J connectivity index is 2.66. The summed E-state index contributed by atoms with van der Waals surface area (Å²) in [7, 11) is 0. The van der Waals surface area contributed by atoms with Crippen molar-refractivity contribution >= 4 is 5.78 Å². The summed E-state index contributed by atoms with van der Waals surface area (Å²) in [6, 6.07) is 7.99. The second kappa shape index (κ2) is 5.69. The Labute approximate surface area is 92.5 Å². The van der Waals surface area contributed by atoms with Crippen LogP contribution in [-0.2, 0) is 6.42 Å². The summed E-state index contributed by atoms with van der Waals surface area (Å²) in [6.07, 6.45) is 2.76. The van der Waals surface area contributed by atoms with E-state index in [1.807, 2.05) is 24.3 Å². The zero-order valence-electron chi connectivity index (χ0n) is 9.92. The first-order valence-corrected chi connectivity index (χ1v) is 5.79. The number of hydrogen-bond acceptors (Lipinski definition) is 1. The lowest BCUT2D eigenvalue weighted by atomic mass is 9.97. The fourth-order valence-corrected chi connectivity index (χ4v) is 1.51. The van der Waals surface area contributed by atoms with Crippen LogP contribution >= 0.6 is 0 Å². The third-order valence-corrected chi connectivity index (χ3v) is 2.91. The standard InChI is InChI=1S/C14H20O/c1-4-11(3)10-14(15)13-8-6-12(5-2)7-9-13/h6-9,11H,4-5,10H2,1-3H3/t11-/m0/s1. The molecule has 1 nitrogen and oxygen atoms in total. The molecule has 82 valence electrons. The van der Waals surface area contributed by atoms with Crippen LogP contribution in [0.1, 0.15) is 49.5 Å². The predicted octanol–water partition coefficient (Wildman–Crippen LogP) is 3.87. The Morgan fingerprint density at radius 1 is 1.20 bits per heavy atom. The van der Waals surface area contributed by atoms with Gasteiger partial charge >= 0.3 is 0 Å². The predicted molar refractivity (Wildman–Crippen MR) is 64.2 cm³/mol. The molecule has 0 saturated heterocycles. The number of benzene rings is 1. The average molecular weight is 204 g/mol. The summed E-state index contributed by atoms with van der Waals surface area (Å²) in [5.74, 6) is 0.760. The van der Waals surface area contributed by atoms with E-state index in [4.69, 9.17) is 0 Å². The summed E-state index contributed by atoms with van der Waals surface area (Å²) >= 11 is 0. The first-order valence-electron chi connectivity index (χ1n) is 5.79. The fraction of sp³-hybridized carbons (Fsp3) is 0.500. The highest BCUT2D eigenvalue weighted by atomic mass is 16.1. The molecule has 0 heterocycles. The maximum absolute atomic E-state index is 11.8. The number of hydrogen-bond donors (Lipinski definition) is 0. The number of carbonyl (C=O) groups is 1.